The number of benzene rings is 1. The number of carbonyl (C=O) groups excluding carboxylic acids is 2. The fourth-order valence-corrected chi connectivity index (χ4v) is 3.23. The summed E-state index contributed by atoms with van der Waals surface area (Å²) in [7, 11) is 0. The van der Waals surface area contributed by atoms with Gasteiger partial charge in [-0.05, 0) is 31.0 Å². The highest BCUT2D eigenvalue weighted by Gasteiger charge is 2.26. The van der Waals surface area contributed by atoms with Gasteiger partial charge in [0.2, 0.25) is 0 Å². The van der Waals surface area contributed by atoms with Gasteiger partial charge in [0.25, 0.3) is 11.8 Å². The van der Waals surface area contributed by atoms with Crippen LogP contribution in [0.15, 0.2) is 36.8 Å². The third kappa shape index (κ3) is 4.27. The molecule has 25 heavy (non-hydrogen) atoms. The highest BCUT2D eigenvalue weighted by atomic mass is 35.5. The number of hydrogen-bond acceptors (Lipinski definition) is 4. The summed E-state index contributed by atoms with van der Waals surface area (Å²) in [4.78, 5) is 34.3. The number of hydrogen-bond donors (Lipinski definition) is 1. The van der Waals surface area contributed by atoms with E-state index in [2.05, 4.69) is 15.3 Å². The molecule has 0 atom stereocenters. The first-order valence-electron chi connectivity index (χ1n) is 7.86. The van der Waals surface area contributed by atoms with Gasteiger partial charge in [-0.25, -0.2) is 4.98 Å². The summed E-state index contributed by atoms with van der Waals surface area (Å²) < 4.78 is 0. The Morgan fingerprint density at radius 3 is 2.56 bits per heavy atom. The van der Waals surface area contributed by atoms with Crippen LogP contribution in [-0.4, -0.2) is 45.8 Å². The lowest BCUT2D eigenvalue weighted by Gasteiger charge is -2.32. The van der Waals surface area contributed by atoms with Crippen LogP contribution in [0.25, 0.3) is 0 Å². The molecule has 0 radical (unpaired) electrons. The molecule has 0 aliphatic carbocycles. The van der Waals surface area contributed by atoms with Gasteiger partial charge in [-0.2, -0.15) is 0 Å². The molecule has 1 fully saturated rings. The molecule has 2 aromatic rings. The normalized spacial score (nSPS) is 15.0. The number of carbonyl (C=O) groups is 2. The molecule has 1 aromatic heterocycles. The molecule has 2 heterocycles. The lowest BCUT2D eigenvalue weighted by Crippen LogP contribution is -2.46. The zero-order chi connectivity index (χ0) is 17.8. The van der Waals surface area contributed by atoms with Crippen molar-refractivity contribution in [3.05, 3.63) is 58.1 Å². The summed E-state index contributed by atoms with van der Waals surface area (Å²) in [6.45, 7) is 1.09. The number of aromatic nitrogens is 2. The van der Waals surface area contributed by atoms with Crippen molar-refractivity contribution >= 4 is 35.0 Å². The van der Waals surface area contributed by atoms with E-state index >= 15 is 0 Å². The lowest BCUT2D eigenvalue weighted by atomic mass is 10.0. The van der Waals surface area contributed by atoms with Gasteiger partial charge >= 0.3 is 0 Å². The summed E-state index contributed by atoms with van der Waals surface area (Å²) in [6, 6.07) is 4.84. The Morgan fingerprint density at radius 2 is 1.92 bits per heavy atom. The Bertz CT molecular complexity index is 777. The number of nitrogens with zero attached hydrogens (tertiary/aromatic N) is 3. The molecule has 1 saturated heterocycles. The van der Waals surface area contributed by atoms with E-state index in [9.17, 15) is 9.59 Å². The zero-order valence-corrected chi connectivity index (χ0v) is 14.8. The molecule has 1 aromatic carbocycles. The topological polar surface area (TPSA) is 75.2 Å². The molecule has 1 aliphatic heterocycles. The molecule has 0 saturated carbocycles. The number of amides is 2. The molecule has 1 N–H and O–H groups in total. The van der Waals surface area contributed by atoms with Crippen LogP contribution in [0.3, 0.4) is 0 Å². The number of likely N-dealkylation sites (tertiary alicyclic amines) is 1. The average Bonchev–Trinajstić information content (AvgIpc) is 2.62. The molecular weight excluding hydrogens is 363 g/mol. The largest absolute Gasteiger partial charge is 0.348 e. The van der Waals surface area contributed by atoms with Gasteiger partial charge in [-0.15, -0.1) is 0 Å². The van der Waals surface area contributed by atoms with Crippen LogP contribution in [0.1, 0.15) is 33.7 Å². The fourth-order valence-electron chi connectivity index (χ4n) is 2.74. The summed E-state index contributed by atoms with van der Waals surface area (Å²) >= 11 is 12.0. The van der Waals surface area contributed by atoms with Crippen molar-refractivity contribution in [2.45, 2.75) is 18.9 Å². The second kappa shape index (κ2) is 7.80. The summed E-state index contributed by atoms with van der Waals surface area (Å²) in [5, 5.41) is 3.77. The standard InChI is InChI=1S/C17H16Cl2N4O2/c18-11-1-2-13(14(19)9-11)17(25)23-7-3-12(4-8-23)22-16(24)15-10-20-5-6-21-15/h1-2,5-6,9-10,12H,3-4,7-8H2,(H,22,24). The Labute approximate surface area is 155 Å². The van der Waals surface area contributed by atoms with Crippen molar-refractivity contribution < 1.29 is 9.59 Å². The van der Waals surface area contributed by atoms with Crippen LogP contribution >= 0.6 is 23.2 Å². The molecule has 0 unspecified atom stereocenters. The molecule has 0 bridgehead atoms. The predicted octanol–water partition coefficient (Wildman–Crippen LogP) is 2.82. The van der Waals surface area contributed by atoms with Gasteiger partial charge in [0.15, 0.2) is 0 Å². The maximum absolute atomic E-state index is 12.6. The highest BCUT2D eigenvalue weighted by Crippen LogP contribution is 2.23. The zero-order valence-electron chi connectivity index (χ0n) is 13.3. The summed E-state index contributed by atoms with van der Waals surface area (Å²) in [5.41, 5.74) is 0.724. The van der Waals surface area contributed by atoms with Crippen molar-refractivity contribution in [1.29, 1.82) is 0 Å². The summed E-state index contributed by atoms with van der Waals surface area (Å²) in [6.07, 6.45) is 5.76. The first kappa shape index (κ1) is 17.6. The van der Waals surface area contributed by atoms with Gasteiger partial charge in [0.1, 0.15) is 5.69 Å². The smallest absolute Gasteiger partial charge is 0.271 e. The minimum Gasteiger partial charge on any atom is -0.348 e. The monoisotopic (exact) mass is 378 g/mol. The van der Waals surface area contributed by atoms with E-state index in [1.165, 1.54) is 18.6 Å². The minimum atomic E-state index is -0.251. The maximum atomic E-state index is 12.6. The Balaban J connectivity index is 1.56. The van der Waals surface area contributed by atoms with Crippen molar-refractivity contribution in [3.8, 4) is 0 Å². The van der Waals surface area contributed by atoms with Crippen molar-refractivity contribution in [1.82, 2.24) is 20.2 Å². The number of halogens is 2. The molecule has 0 spiro atoms. The van der Waals surface area contributed by atoms with Gasteiger partial charge in [0, 0.05) is 36.5 Å². The second-order valence-electron chi connectivity index (χ2n) is 5.75. The minimum absolute atomic E-state index is 0.000698. The van der Waals surface area contributed by atoms with E-state index in [-0.39, 0.29) is 23.6 Å². The molecule has 130 valence electrons. The van der Waals surface area contributed by atoms with Gasteiger partial charge < -0.3 is 10.2 Å². The third-order valence-electron chi connectivity index (χ3n) is 4.07. The first-order valence-corrected chi connectivity index (χ1v) is 8.61. The van der Waals surface area contributed by atoms with Crippen LogP contribution in [0.4, 0.5) is 0 Å². The first-order chi connectivity index (χ1) is 12.0. The van der Waals surface area contributed by atoms with Gasteiger partial charge in [-0.1, -0.05) is 23.2 Å². The van der Waals surface area contributed by atoms with Crippen LogP contribution in [-0.2, 0) is 0 Å². The number of nitrogens with one attached hydrogen (secondary N) is 1. The molecular formula is C17H16Cl2N4O2. The van der Waals surface area contributed by atoms with Crippen LogP contribution in [0.5, 0.6) is 0 Å². The predicted molar refractivity (Wildman–Crippen MR) is 94.9 cm³/mol. The average molecular weight is 379 g/mol. The Hall–Kier alpha value is -2.18. The molecule has 6 nitrogen and oxygen atoms in total. The van der Waals surface area contributed by atoms with Crippen molar-refractivity contribution in [2.75, 3.05) is 13.1 Å². The van der Waals surface area contributed by atoms with Crippen molar-refractivity contribution in [3.63, 3.8) is 0 Å². The van der Waals surface area contributed by atoms with Crippen molar-refractivity contribution in [2.24, 2.45) is 0 Å². The maximum Gasteiger partial charge on any atom is 0.271 e. The Morgan fingerprint density at radius 1 is 1.16 bits per heavy atom. The highest BCUT2D eigenvalue weighted by molar-refractivity contribution is 6.36. The van der Waals surface area contributed by atoms with Crippen LogP contribution < -0.4 is 5.32 Å². The van der Waals surface area contributed by atoms with Crippen LogP contribution in [0.2, 0.25) is 10.0 Å². The quantitative estimate of drug-likeness (QED) is 0.890. The van der Waals surface area contributed by atoms with Gasteiger partial charge in [0.05, 0.1) is 16.8 Å². The van der Waals surface area contributed by atoms with E-state index in [0.717, 1.165) is 0 Å². The molecule has 2 amide bonds. The summed E-state index contributed by atoms with van der Waals surface area (Å²) in [5.74, 6) is -0.376. The van der Waals surface area contributed by atoms with Crippen LogP contribution in [0, 0.1) is 0 Å². The fraction of sp³-hybridized carbons (Fsp3) is 0.294. The SMILES string of the molecule is O=C(NC1CCN(C(=O)c2ccc(Cl)cc2Cl)CC1)c1cnccn1. The van der Waals surface area contributed by atoms with E-state index in [4.69, 9.17) is 23.2 Å². The molecule has 1 aliphatic rings. The van der Waals surface area contributed by atoms with E-state index in [1.54, 1.807) is 23.1 Å². The van der Waals surface area contributed by atoms with Gasteiger partial charge in [-0.3, -0.25) is 14.6 Å². The Kier molecular flexibility index (Phi) is 5.50. The van der Waals surface area contributed by atoms with E-state index in [1.807, 2.05) is 0 Å². The molecule has 3 rings (SSSR count). The lowest BCUT2D eigenvalue weighted by molar-refractivity contribution is 0.0698. The van der Waals surface area contributed by atoms with E-state index in [0.29, 0.717) is 41.5 Å². The second-order valence-corrected chi connectivity index (χ2v) is 6.60. The molecule has 8 heteroatoms. The van der Waals surface area contributed by atoms with E-state index < -0.39 is 0 Å². The third-order valence-corrected chi connectivity index (χ3v) is 4.62. The number of piperidine rings is 1. The number of rotatable bonds is 3.